The van der Waals surface area contributed by atoms with Crippen LogP contribution in [0.2, 0.25) is 0 Å². The molecule has 0 aromatic carbocycles. The van der Waals surface area contributed by atoms with Gasteiger partial charge in [0.2, 0.25) is 5.78 Å². The lowest BCUT2D eigenvalue weighted by molar-refractivity contribution is -0.145. The maximum Gasteiger partial charge on any atom is 0.329 e. The van der Waals surface area contributed by atoms with Gasteiger partial charge in [0.25, 0.3) is 5.91 Å². The third kappa shape index (κ3) is 4.57. The van der Waals surface area contributed by atoms with E-state index in [0.29, 0.717) is 16.8 Å². The van der Waals surface area contributed by atoms with Crippen LogP contribution >= 0.6 is 0 Å². The number of ketones is 2. The van der Waals surface area contributed by atoms with Gasteiger partial charge in [-0.2, -0.15) is 0 Å². The molecule has 0 saturated heterocycles. The summed E-state index contributed by atoms with van der Waals surface area (Å²) in [4.78, 5) is 51.5. The molecule has 8 nitrogen and oxygen atoms in total. The number of Topliss-reactive ketones (excluding diaryl/α,β-unsaturated/α-hetero) is 2. The highest BCUT2D eigenvalue weighted by Crippen LogP contribution is 2.19. The Bertz CT molecular complexity index is 892. The highest BCUT2D eigenvalue weighted by molar-refractivity contribution is 6.04. The van der Waals surface area contributed by atoms with Gasteiger partial charge in [0.1, 0.15) is 6.04 Å². The van der Waals surface area contributed by atoms with Gasteiger partial charge in [-0.3, -0.25) is 14.4 Å². The van der Waals surface area contributed by atoms with Gasteiger partial charge >= 0.3 is 5.97 Å². The number of carbonyl (C=O) groups excluding carboxylic acids is 4. The van der Waals surface area contributed by atoms with Gasteiger partial charge in [0.05, 0.1) is 12.0 Å². The Kier molecular flexibility index (Phi) is 6.56. The quantitative estimate of drug-likeness (QED) is 0.530. The lowest BCUT2D eigenvalue weighted by Gasteiger charge is -2.20. The number of carbonyl (C=O) groups is 4. The molecule has 0 spiro atoms. The molecule has 0 aliphatic heterocycles. The number of hydrogen-bond donors (Lipinski definition) is 2. The van der Waals surface area contributed by atoms with Crippen LogP contribution in [0.1, 0.15) is 63.4 Å². The van der Waals surface area contributed by atoms with E-state index in [-0.39, 0.29) is 23.2 Å². The molecule has 2 aromatic rings. The fraction of sp³-hybridized carbons (Fsp3) is 0.400. The molecule has 150 valence electrons. The number of amides is 1. The lowest BCUT2D eigenvalue weighted by atomic mass is 10.0. The van der Waals surface area contributed by atoms with E-state index >= 15 is 0 Å². The van der Waals surface area contributed by atoms with E-state index in [1.807, 2.05) is 0 Å². The van der Waals surface area contributed by atoms with Crippen LogP contribution < -0.4 is 5.32 Å². The Labute approximate surface area is 162 Å². The second-order valence-electron chi connectivity index (χ2n) is 6.88. The SMILES string of the molecule is CC(=O)c1c(C)[nH]c(C(=O)COC(=O)[C@@H](NC(=O)c2ccco2)C(C)C)c1C. The summed E-state index contributed by atoms with van der Waals surface area (Å²) in [5, 5.41) is 2.55. The summed E-state index contributed by atoms with van der Waals surface area (Å²) in [6, 6.07) is 2.10. The molecule has 0 radical (unpaired) electrons. The van der Waals surface area contributed by atoms with Crippen molar-refractivity contribution in [3.63, 3.8) is 0 Å². The molecule has 0 saturated carbocycles. The molecule has 0 fully saturated rings. The predicted octanol–water partition coefficient (Wildman–Crippen LogP) is 2.61. The van der Waals surface area contributed by atoms with E-state index in [9.17, 15) is 19.2 Å². The lowest BCUT2D eigenvalue weighted by Crippen LogP contribution is -2.45. The van der Waals surface area contributed by atoms with Crippen LogP contribution in [0.3, 0.4) is 0 Å². The fourth-order valence-corrected chi connectivity index (χ4v) is 2.97. The van der Waals surface area contributed by atoms with Crippen LogP contribution in [0, 0.1) is 19.8 Å². The smallest absolute Gasteiger partial charge is 0.329 e. The van der Waals surface area contributed by atoms with Gasteiger partial charge < -0.3 is 19.5 Å². The Hall–Kier alpha value is -3.16. The van der Waals surface area contributed by atoms with Gasteiger partial charge in [-0.1, -0.05) is 13.8 Å². The second kappa shape index (κ2) is 8.69. The van der Waals surface area contributed by atoms with E-state index in [2.05, 4.69) is 10.3 Å². The minimum absolute atomic E-state index is 0.0729. The molecule has 2 heterocycles. The molecule has 1 amide bonds. The van der Waals surface area contributed by atoms with Gasteiger partial charge in [-0.15, -0.1) is 0 Å². The third-order valence-corrected chi connectivity index (χ3v) is 4.37. The number of esters is 1. The summed E-state index contributed by atoms with van der Waals surface area (Å²) in [5.74, 6) is -2.07. The van der Waals surface area contributed by atoms with Crippen molar-refractivity contribution >= 4 is 23.4 Å². The Morgan fingerprint density at radius 2 is 1.89 bits per heavy atom. The molecule has 2 N–H and O–H groups in total. The second-order valence-corrected chi connectivity index (χ2v) is 6.88. The highest BCUT2D eigenvalue weighted by atomic mass is 16.5. The van der Waals surface area contributed by atoms with Crippen molar-refractivity contribution < 1.29 is 28.3 Å². The van der Waals surface area contributed by atoms with E-state index < -0.39 is 30.3 Å². The molecule has 1 atom stereocenters. The van der Waals surface area contributed by atoms with E-state index in [1.54, 1.807) is 33.8 Å². The standard InChI is InChI=1S/C20H24N2O6/c1-10(2)17(22-19(25)15-7-6-8-27-15)20(26)28-9-14(24)18-11(3)16(13(5)23)12(4)21-18/h6-8,10,17,21H,9H2,1-5H3,(H,22,25)/t17-/m0/s1. The minimum atomic E-state index is -0.940. The molecular formula is C20H24N2O6. The molecule has 2 rings (SSSR count). The molecule has 2 aromatic heterocycles. The summed E-state index contributed by atoms with van der Waals surface area (Å²) in [6.07, 6.45) is 1.35. The maximum atomic E-state index is 12.4. The normalized spacial score (nSPS) is 11.9. The average Bonchev–Trinajstić information content (AvgIpc) is 3.24. The van der Waals surface area contributed by atoms with Crippen LogP contribution in [0.25, 0.3) is 0 Å². The van der Waals surface area contributed by atoms with Crippen LogP contribution in [0.5, 0.6) is 0 Å². The monoisotopic (exact) mass is 388 g/mol. The van der Waals surface area contributed by atoms with Crippen molar-refractivity contribution in [2.45, 2.75) is 40.7 Å². The van der Waals surface area contributed by atoms with E-state index in [4.69, 9.17) is 9.15 Å². The van der Waals surface area contributed by atoms with Gasteiger partial charge in [-0.05, 0) is 44.4 Å². The minimum Gasteiger partial charge on any atom is -0.459 e. The largest absolute Gasteiger partial charge is 0.459 e. The van der Waals surface area contributed by atoms with Gasteiger partial charge in [0, 0.05) is 11.3 Å². The first-order valence-electron chi connectivity index (χ1n) is 8.87. The van der Waals surface area contributed by atoms with E-state index in [0.717, 1.165) is 0 Å². The van der Waals surface area contributed by atoms with Crippen LogP contribution in [-0.4, -0.2) is 41.1 Å². The molecule has 8 heteroatoms. The molecule has 0 aliphatic rings. The van der Waals surface area contributed by atoms with Crippen molar-refractivity contribution in [2.75, 3.05) is 6.61 Å². The first kappa shape index (κ1) is 21.1. The van der Waals surface area contributed by atoms with Crippen molar-refractivity contribution in [1.29, 1.82) is 0 Å². The molecular weight excluding hydrogens is 364 g/mol. The third-order valence-electron chi connectivity index (χ3n) is 4.37. The predicted molar refractivity (Wildman–Crippen MR) is 100 cm³/mol. The molecule has 28 heavy (non-hydrogen) atoms. The zero-order valence-corrected chi connectivity index (χ0v) is 16.5. The number of furan rings is 1. The number of rotatable bonds is 8. The highest BCUT2D eigenvalue weighted by Gasteiger charge is 2.28. The van der Waals surface area contributed by atoms with Gasteiger partial charge in [0.15, 0.2) is 18.2 Å². The zero-order valence-electron chi connectivity index (χ0n) is 16.5. The molecule has 0 unspecified atom stereocenters. The number of hydrogen-bond acceptors (Lipinski definition) is 6. The summed E-state index contributed by atoms with van der Waals surface area (Å²) >= 11 is 0. The summed E-state index contributed by atoms with van der Waals surface area (Å²) in [7, 11) is 0. The summed E-state index contributed by atoms with van der Waals surface area (Å²) in [5.41, 5.74) is 1.81. The van der Waals surface area contributed by atoms with Crippen LogP contribution in [0.4, 0.5) is 0 Å². The van der Waals surface area contributed by atoms with Gasteiger partial charge in [-0.25, -0.2) is 4.79 Å². The first-order valence-corrected chi connectivity index (χ1v) is 8.87. The number of nitrogens with one attached hydrogen (secondary N) is 2. The first-order chi connectivity index (χ1) is 13.1. The molecule has 0 bridgehead atoms. The van der Waals surface area contributed by atoms with Crippen LogP contribution in [-0.2, 0) is 9.53 Å². The Morgan fingerprint density at radius 3 is 2.39 bits per heavy atom. The average molecular weight is 388 g/mol. The summed E-state index contributed by atoms with van der Waals surface area (Å²) in [6.45, 7) is 7.77. The fourth-order valence-electron chi connectivity index (χ4n) is 2.97. The van der Waals surface area contributed by atoms with Crippen LogP contribution in [0.15, 0.2) is 22.8 Å². The summed E-state index contributed by atoms with van der Waals surface area (Å²) < 4.78 is 10.1. The Morgan fingerprint density at radius 1 is 1.21 bits per heavy atom. The molecule has 0 aliphatic carbocycles. The van der Waals surface area contributed by atoms with Crippen molar-refractivity contribution in [3.8, 4) is 0 Å². The Balaban J connectivity index is 2.04. The topological polar surface area (TPSA) is 118 Å². The van der Waals surface area contributed by atoms with Crippen molar-refractivity contribution in [1.82, 2.24) is 10.3 Å². The number of H-pyrrole nitrogens is 1. The maximum absolute atomic E-state index is 12.4. The number of aromatic amines is 1. The van der Waals surface area contributed by atoms with Crippen molar-refractivity contribution in [2.24, 2.45) is 5.92 Å². The van der Waals surface area contributed by atoms with Crippen molar-refractivity contribution in [3.05, 3.63) is 46.7 Å². The number of aromatic nitrogens is 1. The number of aryl methyl sites for hydroxylation is 1. The number of ether oxygens (including phenoxy) is 1. The van der Waals surface area contributed by atoms with E-state index in [1.165, 1.54) is 19.3 Å². The zero-order chi connectivity index (χ0) is 21.0.